The molecule has 0 fully saturated rings. The molecule has 0 aromatic heterocycles. The van der Waals surface area contributed by atoms with Gasteiger partial charge >= 0.3 is 0 Å². The Bertz CT molecular complexity index is 217. The van der Waals surface area contributed by atoms with Crippen LogP contribution in [0.5, 0.6) is 0 Å². The van der Waals surface area contributed by atoms with E-state index in [0.29, 0.717) is 6.54 Å². The van der Waals surface area contributed by atoms with Crippen LogP contribution in [0.2, 0.25) is 0 Å². The molecule has 0 aromatic carbocycles. The van der Waals surface area contributed by atoms with E-state index in [4.69, 9.17) is 0 Å². The van der Waals surface area contributed by atoms with Crippen LogP contribution in [0.15, 0.2) is 11.6 Å². The van der Waals surface area contributed by atoms with E-state index in [-0.39, 0.29) is 5.75 Å². The minimum atomic E-state index is -2.84. The molecule has 1 aliphatic heterocycles. The van der Waals surface area contributed by atoms with Gasteiger partial charge in [-0.15, -0.1) is 0 Å². The van der Waals surface area contributed by atoms with E-state index in [0.717, 1.165) is 0 Å². The van der Waals surface area contributed by atoms with Crippen LogP contribution in [0.3, 0.4) is 0 Å². The predicted molar refractivity (Wildman–Crippen MR) is 35.6 cm³/mol. The van der Waals surface area contributed by atoms with Gasteiger partial charge in [-0.05, 0) is 0 Å². The van der Waals surface area contributed by atoms with E-state index < -0.39 is 9.84 Å². The molecule has 52 valence electrons. The van der Waals surface area contributed by atoms with Gasteiger partial charge in [0.15, 0.2) is 9.84 Å². The first-order chi connectivity index (χ1) is 4.10. The van der Waals surface area contributed by atoms with Gasteiger partial charge in [-0.2, -0.15) is 0 Å². The van der Waals surface area contributed by atoms with Gasteiger partial charge in [-0.1, -0.05) is 0 Å². The Hall–Kier alpha value is -0.510. The molecule has 1 heterocycles. The summed E-state index contributed by atoms with van der Waals surface area (Å²) in [6.45, 7) is 0.610. The van der Waals surface area contributed by atoms with E-state index in [1.807, 2.05) is 11.9 Å². The van der Waals surface area contributed by atoms with Crippen molar-refractivity contribution in [3.8, 4) is 0 Å². The largest absolute Gasteiger partial charge is 0.379 e. The van der Waals surface area contributed by atoms with Crippen molar-refractivity contribution in [1.82, 2.24) is 4.90 Å². The molecule has 1 aliphatic rings. The van der Waals surface area contributed by atoms with Crippen LogP contribution < -0.4 is 0 Å². The molecule has 0 aliphatic carbocycles. The van der Waals surface area contributed by atoms with Crippen LogP contribution in [0, 0.1) is 0 Å². The molecule has 0 unspecified atom stereocenters. The maximum Gasteiger partial charge on any atom is 0.174 e. The second-order valence-corrected chi connectivity index (χ2v) is 4.14. The summed E-state index contributed by atoms with van der Waals surface area (Å²) in [6, 6.07) is 0. The Morgan fingerprint density at radius 1 is 1.56 bits per heavy atom. The molecule has 0 N–H and O–H groups in total. The van der Waals surface area contributed by atoms with Crippen LogP contribution in [-0.4, -0.2) is 32.7 Å². The Kier molecular flexibility index (Phi) is 1.48. The monoisotopic (exact) mass is 147 g/mol. The lowest BCUT2D eigenvalue weighted by Crippen LogP contribution is -2.24. The van der Waals surface area contributed by atoms with Gasteiger partial charge in [0.25, 0.3) is 0 Å². The third kappa shape index (κ3) is 1.71. The molecule has 1 rings (SSSR count). The van der Waals surface area contributed by atoms with E-state index in [9.17, 15) is 8.42 Å². The van der Waals surface area contributed by atoms with Gasteiger partial charge in [0.2, 0.25) is 0 Å². The first kappa shape index (κ1) is 6.61. The highest BCUT2D eigenvalue weighted by atomic mass is 32.2. The smallest absolute Gasteiger partial charge is 0.174 e. The summed E-state index contributed by atoms with van der Waals surface area (Å²) in [4.78, 5) is 1.85. The average molecular weight is 147 g/mol. The fraction of sp³-hybridized carbons (Fsp3) is 0.600. The number of nitrogens with zero attached hydrogens (tertiary/aromatic N) is 1. The number of rotatable bonds is 0. The van der Waals surface area contributed by atoms with Crippen molar-refractivity contribution in [2.75, 3.05) is 19.3 Å². The third-order valence-electron chi connectivity index (χ3n) is 1.25. The molecule has 4 heteroatoms. The summed E-state index contributed by atoms with van der Waals surface area (Å²) < 4.78 is 21.4. The summed E-state index contributed by atoms with van der Waals surface area (Å²) >= 11 is 0. The molecule has 0 aromatic rings. The molecule has 0 saturated heterocycles. The SMILES string of the molecule is CN1C=CS(=O)(=O)CC1. The van der Waals surface area contributed by atoms with Crippen molar-refractivity contribution < 1.29 is 8.42 Å². The van der Waals surface area contributed by atoms with Gasteiger partial charge in [0, 0.05) is 25.2 Å². The molecule has 0 spiro atoms. The normalized spacial score (nSPS) is 24.3. The van der Waals surface area contributed by atoms with Crippen molar-refractivity contribution in [3.05, 3.63) is 11.6 Å². The van der Waals surface area contributed by atoms with Crippen molar-refractivity contribution in [2.24, 2.45) is 0 Å². The van der Waals surface area contributed by atoms with Crippen LogP contribution >= 0.6 is 0 Å². The molecule has 0 saturated carbocycles. The molecule has 9 heavy (non-hydrogen) atoms. The molecule has 0 radical (unpaired) electrons. The summed E-state index contributed by atoms with van der Waals surface area (Å²) in [5, 5.41) is 1.25. The zero-order chi connectivity index (χ0) is 6.91. The molecule has 0 amide bonds. The summed E-state index contributed by atoms with van der Waals surface area (Å²) in [5.74, 6) is 0.250. The van der Waals surface area contributed by atoms with Crippen molar-refractivity contribution >= 4 is 9.84 Å². The second kappa shape index (κ2) is 2.02. The third-order valence-corrected chi connectivity index (χ3v) is 2.54. The summed E-state index contributed by atoms with van der Waals surface area (Å²) in [7, 11) is -0.986. The first-order valence-corrected chi connectivity index (χ1v) is 4.43. The van der Waals surface area contributed by atoms with Crippen LogP contribution in [0.4, 0.5) is 0 Å². The topological polar surface area (TPSA) is 37.4 Å². The van der Waals surface area contributed by atoms with Gasteiger partial charge in [-0.25, -0.2) is 8.42 Å². The Morgan fingerprint density at radius 2 is 2.22 bits per heavy atom. The molecule has 0 atom stereocenters. The highest BCUT2D eigenvalue weighted by Gasteiger charge is 2.11. The highest BCUT2D eigenvalue weighted by Crippen LogP contribution is 2.01. The summed E-state index contributed by atoms with van der Waals surface area (Å²) in [5.41, 5.74) is 0. The standard InChI is InChI=1S/C5H9NO2S/c1-6-2-4-9(7,8)5-3-6/h2,4H,3,5H2,1H3. The quantitative estimate of drug-likeness (QED) is 0.477. The predicted octanol–water partition coefficient (Wildman–Crippen LogP) is -0.182. The lowest BCUT2D eigenvalue weighted by atomic mass is 10.6. The van der Waals surface area contributed by atoms with E-state index >= 15 is 0 Å². The van der Waals surface area contributed by atoms with Crippen LogP contribution in [0.1, 0.15) is 0 Å². The van der Waals surface area contributed by atoms with E-state index in [1.165, 1.54) is 5.41 Å². The van der Waals surface area contributed by atoms with E-state index in [1.54, 1.807) is 6.20 Å². The Labute approximate surface area is 54.9 Å². The van der Waals surface area contributed by atoms with Crippen molar-refractivity contribution in [2.45, 2.75) is 0 Å². The van der Waals surface area contributed by atoms with Gasteiger partial charge in [-0.3, -0.25) is 0 Å². The summed E-state index contributed by atoms with van der Waals surface area (Å²) in [6.07, 6.45) is 1.58. The van der Waals surface area contributed by atoms with E-state index in [2.05, 4.69) is 0 Å². The average Bonchev–Trinajstić information content (AvgIpc) is 1.78. The minimum absolute atomic E-state index is 0.250. The zero-order valence-electron chi connectivity index (χ0n) is 5.24. The first-order valence-electron chi connectivity index (χ1n) is 2.71. The van der Waals surface area contributed by atoms with Crippen molar-refractivity contribution in [3.63, 3.8) is 0 Å². The lowest BCUT2D eigenvalue weighted by Gasteiger charge is -2.16. The number of sulfone groups is 1. The fourth-order valence-electron chi connectivity index (χ4n) is 0.610. The Balaban J connectivity index is 2.82. The zero-order valence-corrected chi connectivity index (χ0v) is 6.06. The maximum atomic E-state index is 10.7. The minimum Gasteiger partial charge on any atom is -0.379 e. The highest BCUT2D eigenvalue weighted by molar-refractivity contribution is 7.94. The Morgan fingerprint density at radius 3 is 2.56 bits per heavy atom. The van der Waals surface area contributed by atoms with Gasteiger partial charge in [0.05, 0.1) is 5.75 Å². The molecular formula is C5H9NO2S. The van der Waals surface area contributed by atoms with Crippen LogP contribution in [0.25, 0.3) is 0 Å². The fourth-order valence-corrected chi connectivity index (χ4v) is 1.68. The maximum absolute atomic E-state index is 10.7. The van der Waals surface area contributed by atoms with Crippen molar-refractivity contribution in [1.29, 1.82) is 0 Å². The number of hydrogen-bond acceptors (Lipinski definition) is 3. The van der Waals surface area contributed by atoms with Gasteiger partial charge in [0.1, 0.15) is 0 Å². The molecule has 0 bridgehead atoms. The lowest BCUT2D eigenvalue weighted by molar-refractivity contribution is 0.473. The van der Waals surface area contributed by atoms with Crippen LogP contribution in [-0.2, 0) is 9.84 Å². The number of hydrogen-bond donors (Lipinski definition) is 0. The van der Waals surface area contributed by atoms with Gasteiger partial charge < -0.3 is 4.90 Å². The second-order valence-electron chi connectivity index (χ2n) is 2.13. The molecule has 3 nitrogen and oxygen atoms in total. The molecular weight excluding hydrogens is 138 g/mol.